The first-order valence-corrected chi connectivity index (χ1v) is 14.1. The fraction of sp³-hybridized carbons (Fsp3) is 0.394. The summed E-state index contributed by atoms with van der Waals surface area (Å²) in [6.45, 7) is 8.26. The molecule has 3 aromatic rings. The summed E-state index contributed by atoms with van der Waals surface area (Å²) in [4.78, 5) is 9.33. The van der Waals surface area contributed by atoms with Gasteiger partial charge in [-0.2, -0.15) is 10.5 Å². The van der Waals surface area contributed by atoms with E-state index in [-0.39, 0.29) is 5.57 Å². The third kappa shape index (κ3) is 6.60. The Morgan fingerprint density at radius 1 is 0.795 bits per heavy atom. The smallest absolute Gasteiger partial charge is 0.169 e. The van der Waals surface area contributed by atoms with Gasteiger partial charge in [-0.3, -0.25) is 4.90 Å². The Bertz CT molecular complexity index is 1370. The molecule has 2 fully saturated rings. The number of rotatable bonds is 9. The number of nitriles is 2. The molecule has 0 bridgehead atoms. The Morgan fingerprint density at radius 3 is 2.33 bits per heavy atom. The molecule has 39 heavy (non-hydrogen) atoms. The number of hydrogen-bond donors (Lipinski definition) is 0. The van der Waals surface area contributed by atoms with Crippen LogP contribution in [0.15, 0.2) is 78.1 Å². The zero-order valence-electron chi connectivity index (χ0n) is 23.0. The zero-order chi connectivity index (χ0) is 27.0. The number of nitrogens with zero attached hydrogens (tertiary/aromatic N) is 6. The van der Waals surface area contributed by atoms with Crippen LogP contribution in [-0.4, -0.2) is 65.9 Å². The van der Waals surface area contributed by atoms with Gasteiger partial charge < -0.3 is 14.7 Å². The molecule has 0 spiro atoms. The highest BCUT2D eigenvalue weighted by molar-refractivity contribution is 5.85. The van der Waals surface area contributed by atoms with Gasteiger partial charge in [0, 0.05) is 45.8 Å². The van der Waals surface area contributed by atoms with Crippen molar-refractivity contribution in [2.75, 3.05) is 46.3 Å². The molecule has 0 unspecified atom stereocenters. The first kappa shape index (κ1) is 26.8. The van der Waals surface area contributed by atoms with Gasteiger partial charge in [-0.25, -0.2) is 0 Å². The second kappa shape index (κ2) is 12.8. The zero-order valence-corrected chi connectivity index (χ0v) is 23.0. The molecule has 2 saturated heterocycles. The van der Waals surface area contributed by atoms with E-state index >= 15 is 0 Å². The topological polar surface area (TPSA) is 60.5 Å². The first-order chi connectivity index (χ1) is 19.1. The highest BCUT2D eigenvalue weighted by atomic mass is 15.4. The predicted molar refractivity (Wildman–Crippen MR) is 156 cm³/mol. The van der Waals surface area contributed by atoms with E-state index in [0.717, 1.165) is 45.1 Å². The van der Waals surface area contributed by atoms with Crippen LogP contribution in [0.3, 0.4) is 0 Å². The van der Waals surface area contributed by atoms with Crippen LogP contribution in [0.5, 0.6) is 0 Å². The molecular formula is C33H38N6. The summed E-state index contributed by atoms with van der Waals surface area (Å²) in [5.41, 5.74) is 4.13. The van der Waals surface area contributed by atoms with E-state index in [1.807, 2.05) is 0 Å². The van der Waals surface area contributed by atoms with Crippen LogP contribution < -0.4 is 0 Å². The van der Waals surface area contributed by atoms with Gasteiger partial charge in [-0.1, -0.05) is 73.2 Å². The number of fused-ring (bicyclic) bond motifs is 1. The van der Waals surface area contributed by atoms with Gasteiger partial charge in [0.2, 0.25) is 0 Å². The second-order valence-electron chi connectivity index (χ2n) is 10.9. The minimum atomic E-state index is 0.195. The molecule has 0 amide bonds. The minimum absolute atomic E-state index is 0.195. The van der Waals surface area contributed by atoms with Gasteiger partial charge in [0.25, 0.3) is 0 Å². The van der Waals surface area contributed by atoms with Crippen LogP contribution in [0.25, 0.3) is 10.8 Å². The number of benzene rings is 3. The van der Waals surface area contributed by atoms with Crippen LogP contribution in [0.2, 0.25) is 0 Å². The van der Waals surface area contributed by atoms with Crippen molar-refractivity contribution in [3.63, 3.8) is 0 Å². The van der Waals surface area contributed by atoms with E-state index in [9.17, 15) is 10.5 Å². The fourth-order valence-corrected chi connectivity index (χ4v) is 5.99. The molecule has 6 heteroatoms. The fourth-order valence-electron chi connectivity index (χ4n) is 5.99. The summed E-state index contributed by atoms with van der Waals surface area (Å²) < 4.78 is 0. The Labute approximate surface area is 232 Å². The average molecular weight is 519 g/mol. The number of likely N-dealkylation sites (tertiary alicyclic amines) is 1. The molecule has 0 atom stereocenters. The molecule has 0 saturated carbocycles. The van der Waals surface area contributed by atoms with E-state index in [1.165, 1.54) is 59.8 Å². The monoisotopic (exact) mass is 518 g/mol. The number of piperidine rings is 1. The van der Waals surface area contributed by atoms with Gasteiger partial charge in [0.05, 0.1) is 0 Å². The average Bonchev–Trinajstić information content (AvgIpc) is 3.35. The molecule has 200 valence electrons. The lowest BCUT2D eigenvalue weighted by atomic mass is 10.0. The molecular weight excluding hydrogens is 480 g/mol. The van der Waals surface area contributed by atoms with Crippen LogP contribution in [-0.2, 0) is 19.6 Å². The van der Waals surface area contributed by atoms with Gasteiger partial charge in [-0.15, -0.1) is 0 Å². The molecule has 0 radical (unpaired) electrons. The predicted octanol–water partition coefficient (Wildman–Crippen LogP) is 5.33. The van der Waals surface area contributed by atoms with Crippen LogP contribution in [0.4, 0.5) is 0 Å². The Balaban J connectivity index is 1.23. The maximum atomic E-state index is 9.78. The standard InChI is InChI=1S/C33H38N6/c1-36(24-27-9-7-10-28(21-27)25-37-15-5-2-6-16-37)17-18-38-19-20-39(33(38)31(22-34)23-35)26-30-13-8-12-29-11-3-4-14-32(29)30/h3-4,7-14,21H,2,5-6,15-20,24-26H2,1H3. The normalized spacial score (nSPS) is 16.1. The lowest BCUT2D eigenvalue weighted by molar-refractivity contribution is 0.220. The van der Waals surface area contributed by atoms with E-state index in [1.54, 1.807) is 0 Å². The molecule has 2 aliphatic heterocycles. The Kier molecular flexibility index (Phi) is 8.78. The highest BCUT2D eigenvalue weighted by Gasteiger charge is 2.29. The van der Waals surface area contributed by atoms with Gasteiger partial charge in [0.1, 0.15) is 18.0 Å². The van der Waals surface area contributed by atoms with Gasteiger partial charge in [0.15, 0.2) is 5.57 Å². The molecule has 3 aromatic carbocycles. The molecule has 0 aromatic heterocycles. The van der Waals surface area contributed by atoms with E-state index < -0.39 is 0 Å². The summed E-state index contributed by atoms with van der Waals surface area (Å²) in [5, 5.41) is 22.0. The van der Waals surface area contributed by atoms with Crippen molar-refractivity contribution in [1.29, 1.82) is 10.5 Å². The second-order valence-corrected chi connectivity index (χ2v) is 10.9. The minimum Gasteiger partial charge on any atom is -0.354 e. The molecule has 0 aliphatic carbocycles. The van der Waals surface area contributed by atoms with E-state index in [2.05, 4.69) is 106 Å². The maximum absolute atomic E-state index is 9.78. The quantitative estimate of drug-likeness (QED) is 0.357. The van der Waals surface area contributed by atoms with Crippen molar-refractivity contribution in [1.82, 2.24) is 19.6 Å². The third-order valence-electron chi connectivity index (χ3n) is 7.98. The summed E-state index contributed by atoms with van der Waals surface area (Å²) in [6, 6.07) is 28.1. The molecule has 6 nitrogen and oxygen atoms in total. The maximum Gasteiger partial charge on any atom is 0.169 e. The molecule has 2 aliphatic rings. The van der Waals surface area contributed by atoms with Crippen LogP contribution in [0, 0.1) is 22.7 Å². The first-order valence-electron chi connectivity index (χ1n) is 14.1. The summed E-state index contributed by atoms with van der Waals surface area (Å²) in [5.74, 6) is 0.768. The largest absolute Gasteiger partial charge is 0.354 e. The van der Waals surface area contributed by atoms with Crippen LogP contribution in [0.1, 0.15) is 36.0 Å². The highest BCUT2D eigenvalue weighted by Crippen LogP contribution is 2.27. The van der Waals surface area contributed by atoms with Gasteiger partial charge in [-0.05, 0) is 60.4 Å². The molecule has 5 rings (SSSR count). The number of allylic oxidation sites excluding steroid dienone is 1. The SMILES string of the molecule is CN(CCN1CCN(Cc2cccc3ccccc23)C1=C(C#N)C#N)Cc1cccc(CN2CCCCC2)c1. The lowest BCUT2D eigenvalue weighted by Crippen LogP contribution is -2.32. The van der Waals surface area contributed by atoms with Crippen molar-refractivity contribution >= 4 is 10.8 Å². The van der Waals surface area contributed by atoms with E-state index in [4.69, 9.17) is 0 Å². The van der Waals surface area contributed by atoms with Crippen molar-refractivity contribution in [2.45, 2.75) is 38.9 Å². The van der Waals surface area contributed by atoms with Crippen molar-refractivity contribution in [2.24, 2.45) is 0 Å². The molecule has 0 N–H and O–H groups in total. The summed E-state index contributed by atoms with van der Waals surface area (Å²) >= 11 is 0. The third-order valence-corrected chi connectivity index (χ3v) is 7.98. The Hall–Kier alpha value is -3.84. The van der Waals surface area contributed by atoms with E-state index in [0.29, 0.717) is 6.54 Å². The number of hydrogen-bond acceptors (Lipinski definition) is 6. The molecule has 2 heterocycles. The van der Waals surface area contributed by atoms with Crippen LogP contribution >= 0.6 is 0 Å². The number of likely N-dealkylation sites (N-methyl/N-ethyl adjacent to an activating group) is 1. The summed E-state index contributed by atoms with van der Waals surface area (Å²) in [7, 11) is 2.15. The van der Waals surface area contributed by atoms with Gasteiger partial charge >= 0.3 is 0 Å². The summed E-state index contributed by atoms with van der Waals surface area (Å²) in [6.07, 6.45) is 3.99. The lowest BCUT2D eigenvalue weighted by Gasteiger charge is -2.28. The van der Waals surface area contributed by atoms with Crippen molar-refractivity contribution < 1.29 is 0 Å². The van der Waals surface area contributed by atoms with Crippen molar-refractivity contribution in [3.8, 4) is 12.1 Å². The van der Waals surface area contributed by atoms with Crippen molar-refractivity contribution in [3.05, 3.63) is 94.8 Å². The Morgan fingerprint density at radius 2 is 1.51 bits per heavy atom.